The quantitative estimate of drug-likeness (QED) is 0.721. The molecule has 3 heteroatoms. The van der Waals surface area contributed by atoms with Crippen LogP contribution in [-0.2, 0) is 4.74 Å². The van der Waals surface area contributed by atoms with Crippen molar-refractivity contribution in [3.8, 4) is 0 Å². The average molecular weight is 289 g/mol. The van der Waals surface area contributed by atoms with Crippen LogP contribution in [0.25, 0.3) is 0 Å². The van der Waals surface area contributed by atoms with Gasteiger partial charge in [-0.15, -0.1) is 0 Å². The van der Waals surface area contributed by atoms with E-state index in [1.54, 1.807) is 0 Å². The minimum absolute atomic E-state index is 0.243. The molecule has 1 aromatic rings. The van der Waals surface area contributed by atoms with Gasteiger partial charge in [0.05, 0.1) is 6.10 Å². The molecule has 0 radical (unpaired) electrons. The van der Waals surface area contributed by atoms with Gasteiger partial charge in [-0.05, 0) is 45.4 Å². The molecule has 0 amide bonds. The molecule has 116 valence electrons. The predicted molar refractivity (Wildman–Crippen MR) is 86.0 cm³/mol. The lowest BCUT2D eigenvalue weighted by Crippen LogP contribution is -2.33. The van der Waals surface area contributed by atoms with Crippen molar-refractivity contribution < 1.29 is 9.53 Å². The molecule has 1 aliphatic heterocycles. The number of ketones is 1. The van der Waals surface area contributed by atoms with Crippen molar-refractivity contribution in [1.29, 1.82) is 0 Å². The van der Waals surface area contributed by atoms with Crippen LogP contribution in [0.3, 0.4) is 0 Å². The van der Waals surface area contributed by atoms with Gasteiger partial charge in [0.15, 0.2) is 5.78 Å². The molecular formula is C18H27NO2. The van der Waals surface area contributed by atoms with Crippen molar-refractivity contribution in [2.45, 2.75) is 46.1 Å². The van der Waals surface area contributed by atoms with Crippen LogP contribution in [0, 0.1) is 13.8 Å². The molecule has 0 spiro atoms. The summed E-state index contributed by atoms with van der Waals surface area (Å²) in [6.45, 7) is 9.87. The van der Waals surface area contributed by atoms with E-state index < -0.39 is 0 Å². The van der Waals surface area contributed by atoms with E-state index in [9.17, 15) is 4.79 Å². The third-order valence-corrected chi connectivity index (χ3v) is 4.13. The molecule has 0 bridgehead atoms. The molecular weight excluding hydrogens is 262 g/mol. The molecule has 21 heavy (non-hydrogen) atoms. The minimum atomic E-state index is 0.243. The van der Waals surface area contributed by atoms with E-state index in [-0.39, 0.29) is 5.78 Å². The number of nitrogens with zero attached hydrogens (tertiary/aromatic N) is 1. The molecule has 1 saturated heterocycles. The zero-order chi connectivity index (χ0) is 15.2. The number of likely N-dealkylation sites (N-methyl/N-ethyl adjacent to an activating group) is 1. The fourth-order valence-electron chi connectivity index (χ4n) is 2.99. The van der Waals surface area contributed by atoms with Crippen LogP contribution >= 0.6 is 0 Å². The minimum Gasteiger partial charge on any atom is -0.377 e. The van der Waals surface area contributed by atoms with Gasteiger partial charge in [-0.1, -0.05) is 24.1 Å². The van der Waals surface area contributed by atoms with Gasteiger partial charge < -0.3 is 9.64 Å². The second kappa shape index (κ2) is 7.71. The molecule has 1 aliphatic rings. The van der Waals surface area contributed by atoms with E-state index in [2.05, 4.69) is 17.9 Å². The summed E-state index contributed by atoms with van der Waals surface area (Å²) >= 11 is 0. The fourth-order valence-corrected chi connectivity index (χ4v) is 2.99. The number of rotatable bonds is 7. The van der Waals surface area contributed by atoms with Gasteiger partial charge in [-0.2, -0.15) is 0 Å². The highest BCUT2D eigenvalue weighted by molar-refractivity contribution is 5.96. The zero-order valence-electron chi connectivity index (χ0n) is 13.5. The normalized spacial score (nSPS) is 18.4. The van der Waals surface area contributed by atoms with Crippen molar-refractivity contribution in [2.24, 2.45) is 0 Å². The molecule has 1 heterocycles. The first-order valence-electron chi connectivity index (χ1n) is 8.04. The number of carbonyl (C=O) groups excluding carboxylic acids is 1. The topological polar surface area (TPSA) is 29.5 Å². The van der Waals surface area contributed by atoms with Crippen LogP contribution in [0.2, 0.25) is 0 Å². The van der Waals surface area contributed by atoms with Crippen molar-refractivity contribution in [2.75, 3.05) is 26.2 Å². The van der Waals surface area contributed by atoms with Crippen LogP contribution < -0.4 is 0 Å². The first kappa shape index (κ1) is 16.2. The maximum atomic E-state index is 12.3. The van der Waals surface area contributed by atoms with Gasteiger partial charge >= 0.3 is 0 Å². The number of hydrogen-bond donors (Lipinski definition) is 0. The molecule has 3 nitrogen and oxygen atoms in total. The van der Waals surface area contributed by atoms with E-state index in [1.807, 2.05) is 26.0 Å². The fraction of sp³-hybridized carbons (Fsp3) is 0.611. The first-order chi connectivity index (χ1) is 10.1. The van der Waals surface area contributed by atoms with Crippen molar-refractivity contribution in [1.82, 2.24) is 4.90 Å². The van der Waals surface area contributed by atoms with E-state index in [0.29, 0.717) is 12.5 Å². The van der Waals surface area contributed by atoms with Crippen LogP contribution in [0.5, 0.6) is 0 Å². The second-order valence-corrected chi connectivity index (χ2v) is 6.08. The Morgan fingerprint density at radius 3 is 2.57 bits per heavy atom. The molecule has 0 N–H and O–H groups in total. The summed E-state index contributed by atoms with van der Waals surface area (Å²) in [4.78, 5) is 14.7. The number of hydrogen-bond acceptors (Lipinski definition) is 3. The molecule has 0 aromatic heterocycles. The van der Waals surface area contributed by atoms with E-state index in [4.69, 9.17) is 4.74 Å². The van der Waals surface area contributed by atoms with Gasteiger partial charge in [0.2, 0.25) is 0 Å². The largest absolute Gasteiger partial charge is 0.377 e. The number of ether oxygens (including phenoxy) is 1. The number of aryl methyl sites for hydroxylation is 2. The summed E-state index contributed by atoms with van der Waals surface area (Å²) < 4.78 is 5.68. The third-order valence-electron chi connectivity index (χ3n) is 4.13. The van der Waals surface area contributed by atoms with E-state index in [0.717, 1.165) is 49.4 Å². The summed E-state index contributed by atoms with van der Waals surface area (Å²) in [5.74, 6) is 0.243. The van der Waals surface area contributed by atoms with E-state index >= 15 is 0 Å². The van der Waals surface area contributed by atoms with Crippen LogP contribution in [0.4, 0.5) is 0 Å². The highest BCUT2D eigenvalue weighted by Crippen LogP contribution is 2.15. The molecule has 1 aromatic carbocycles. The van der Waals surface area contributed by atoms with Crippen LogP contribution in [0.15, 0.2) is 18.2 Å². The summed E-state index contributed by atoms with van der Waals surface area (Å²) in [6, 6.07) is 6.09. The number of benzene rings is 1. The smallest absolute Gasteiger partial charge is 0.164 e. The first-order valence-corrected chi connectivity index (χ1v) is 8.04. The van der Waals surface area contributed by atoms with Crippen LogP contribution in [-0.4, -0.2) is 43.0 Å². The maximum Gasteiger partial charge on any atom is 0.164 e. The van der Waals surface area contributed by atoms with Gasteiger partial charge in [0.1, 0.15) is 0 Å². The lowest BCUT2D eigenvalue weighted by Gasteiger charge is -2.23. The number of carbonyl (C=O) groups is 1. The van der Waals surface area contributed by atoms with Gasteiger partial charge in [-0.3, -0.25) is 4.79 Å². The molecule has 0 aliphatic carbocycles. The third kappa shape index (κ3) is 4.94. The molecule has 1 atom stereocenters. The Morgan fingerprint density at radius 1 is 1.29 bits per heavy atom. The van der Waals surface area contributed by atoms with Gasteiger partial charge in [0, 0.05) is 31.7 Å². The molecule has 1 fully saturated rings. The van der Waals surface area contributed by atoms with Crippen molar-refractivity contribution in [3.05, 3.63) is 34.9 Å². The second-order valence-electron chi connectivity index (χ2n) is 6.08. The van der Waals surface area contributed by atoms with Crippen molar-refractivity contribution >= 4 is 5.78 Å². The maximum absolute atomic E-state index is 12.3. The van der Waals surface area contributed by atoms with Gasteiger partial charge in [-0.25, -0.2) is 0 Å². The zero-order valence-corrected chi connectivity index (χ0v) is 13.5. The summed E-state index contributed by atoms with van der Waals surface area (Å²) in [6.07, 6.45) is 3.27. The lowest BCUT2D eigenvalue weighted by molar-refractivity contribution is 0.0720. The summed E-state index contributed by atoms with van der Waals surface area (Å²) in [7, 11) is 0. The Kier molecular flexibility index (Phi) is 5.95. The highest BCUT2D eigenvalue weighted by atomic mass is 16.5. The van der Waals surface area contributed by atoms with Gasteiger partial charge in [0.25, 0.3) is 0 Å². The standard InChI is InChI=1S/C18H27NO2/c1-4-19(13-17-6-5-9-21-17)8-7-18(20)16-11-14(2)10-15(3)12-16/h10-12,17H,4-9,13H2,1-3H3. The van der Waals surface area contributed by atoms with E-state index in [1.165, 1.54) is 6.42 Å². The monoisotopic (exact) mass is 289 g/mol. The molecule has 1 unspecified atom stereocenters. The highest BCUT2D eigenvalue weighted by Gasteiger charge is 2.19. The molecule has 0 saturated carbocycles. The number of Topliss-reactive ketones (excluding diaryl/α,β-unsaturated/α-hetero) is 1. The SMILES string of the molecule is CCN(CCC(=O)c1cc(C)cc(C)c1)CC1CCCO1. The average Bonchev–Trinajstić information content (AvgIpc) is 2.94. The Labute approximate surface area is 128 Å². The Morgan fingerprint density at radius 2 is 2.00 bits per heavy atom. The summed E-state index contributed by atoms with van der Waals surface area (Å²) in [5.41, 5.74) is 3.16. The lowest BCUT2D eigenvalue weighted by atomic mass is 10.0. The van der Waals surface area contributed by atoms with Crippen LogP contribution in [0.1, 0.15) is 47.7 Å². The Balaban J connectivity index is 1.86. The summed E-state index contributed by atoms with van der Waals surface area (Å²) in [5, 5.41) is 0. The predicted octanol–water partition coefficient (Wildman–Crippen LogP) is 3.38. The molecule has 2 rings (SSSR count). The Hall–Kier alpha value is -1.19. The Bertz CT molecular complexity index is 458. The van der Waals surface area contributed by atoms with Crippen molar-refractivity contribution in [3.63, 3.8) is 0 Å².